The number of nitrogens with zero attached hydrogens (tertiary/aromatic N) is 3. The molecule has 4 heteroatoms. The fourth-order valence-corrected chi connectivity index (χ4v) is 2.85. The summed E-state index contributed by atoms with van der Waals surface area (Å²) in [5.74, 6) is 1.39. The number of fused-ring (bicyclic) bond motifs is 1. The molecule has 4 nitrogen and oxygen atoms in total. The summed E-state index contributed by atoms with van der Waals surface area (Å²) in [7, 11) is 0. The van der Waals surface area contributed by atoms with Crippen LogP contribution in [-0.2, 0) is 0 Å². The molecule has 2 heterocycles. The lowest BCUT2D eigenvalue weighted by atomic mass is 9.78. The van der Waals surface area contributed by atoms with E-state index in [0.29, 0.717) is 11.2 Å². The maximum absolute atomic E-state index is 6.10. The maximum atomic E-state index is 6.10. The van der Waals surface area contributed by atoms with Crippen molar-refractivity contribution in [2.75, 3.05) is 23.7 Å². The SMILES string of the molecule is CCC1(C)CCN(c2nc3ccccc3nc2N)CC1. The van der Waals surface area contributed by atoms with E-state index in [4.69, 9.17) is 10.7 Å². The van der Waals surface area contributed by atoms with Crippen LogP contribution in [0.2, 0.25) is 0 Å². The van der Waals surface area contributed by atoms with Crippen molar-refractivity contribution < 1.29 is 0 Å². The summed E-state index contributed by atoms with van der Waals surface area (Å²) in [6.45, 7) is 6.68. The number of piperidine rings is 1. The quantitative estimate of drug-likeness (QED) is 0.910. The lowest BCUT2D eigenvalue weighted by molar-refractivity contribution is 0.238. The molecule has 106 valence electrons. The van der Waals surface area contributed by atoms with E-state index < -0.39 is 0 Å². The zero-order chi connectivity index (χ0) is 14.2. The Bertz CT molecular complexity index is 615. The molecule has 0 aliphatic carbocycles. The van der Waals surface area contributed by atoms with Gasteiger partial charge < -0.3 is 10.6 Å². The molecule has 0 atom stereocenters. The first-order chi connectivity index (χ1) is 9.61. The van der Waals surface area contributed by atoms with Crippen molar-refractivity contribution in [2.45, 2.75) is 33.1 Å². The fraction of sp³-hybridized carbons (Fsp3) is 0.500. The van der Waals surface area contributed by atoms with Gasteiger partial charge in [0.15, 0.2) is 11.6 Å². The second kappa shape index (κ2) is 4.93. The highest BCUT2D eigenvalue weighted by atomic mass is 15.2. The molecule has 0 amide bonds. The first-order valence-electron chi connectivity index (χ1n) is 7.38. The molecule has 0 bridgehead atoms. The van der Waals surface area contributed by atoms with Gasteiger partial charge in [-0.3, -0.25) is 0 Å². The van der Waals surface area contributed by atoms with Crippen LogP contribution in [0.3, 0.4) is 0 Å². The van der Waals surface area contributed by atoms with E-state index in [2.05, 4.69) is 23.7 Å². The highest BCUT2D eigenvalue weighted by molar-refractivity contribution is 5.79. The van der Waals surface area contributed by atoms with Gasteiger partial charge in [0.2, 0.25) is 0 Å². The summed E-state index contributed by atoms with van der Waals surface area (Å²) < 4.78 is 0. The van der Waals surface area contributed by atoms with E-state index in [0.717, 1.165) is 29.9 Å². The average molecular weight is 270 g/mol. The van der Waals surface area contributed by atoms with Crippen LogP contribution in [0.4, 0.5) is 11.6 Å². The Hall–Kier alpha value is -1.84. The van der Waals surface area contributed by atoms with Crippen LogP contribution in [0.25, 0.3) is 11.0 Å². The van der Waals surface area contributed by atoms with E-state index in [1.165, 1.54) is 19.3 Å². The fourth-order valence-electron chi connectivity index (χ4n) is 2.85. The van der Waals surface area contributed by atoms with Crippen LogP contribution in [0, 0.1) is 5.41 Å². The van der Waals surface area contributed by atoms with Gasteiger partial charge in [0, 0.05) is 13.1 Å². The number of anilines is 2. The summed E-state index contributed by atoms with van der Waals surface area (Å²) in [5.41, 5.74) is 8.35. The Kier molecular flexibility index (Phi) is 3.24. The van der Waals surface area contributed by atoms with E-state index in [1.807, 2.05) is 24.3 Å². The van der Waals surface area contributed by atoms with E-state index in [-0.39, 0.29) is 0 Å². The summed E-state index contributed by atoms with van der Waals surface area (Å²) in [4.78, 5) is 11.5. The van der Waals surface area contributed by atoms with Crippen molar-refractivity contribution in [3.8, 4) is 0 Å². The predicted molar refractivity (Wildman–Crippen MR) is 83.8 cm³/mol. The van der Waals surface area contributed by atoms with Gasteiger partial charge >= 0.3 is 0 Å². The van der Waals surface area contributed by atoms with E-state index >= 15 is 0 Å². The number of aromatic nitrogens is 2. The molecule has 0 unspecified atom stereocenters. The Balaban J connectivity index is 1.89. The lowest BCUT2D eigenvalue weighted by Gasteiger charge is -2.39. The molecular weight excluding hydrogens is 248 g/mol. The van der Waals surface area contributed by atoms with Crippen LogP contribution in [0.1, 0.15) is 33.1 Å². The standard InChI is InChI=1S/C16H22N4/c1-3-16(2)8-10-20(11-9-16)15-14(17)18-12-6-4-5-7-13(12)19-15/h4-7H,3,8-11H2,1-2H3,(H2,17,18). The minimum atomic E-state index is 0.468. The molecule has 1 saturated heterocycles. The third-order valence-corrected chi connectivity index (χ3v) is 4.70. The molecule has 1 aliphatic heterocycles. The van der Waals surface area contributed by atoms with Crippen molar-refractivity contribution in [1.29, 1.82) is 0 Å². The third kappa shape index (κ3) is 2.30. The second-order valence-electron chi connectivity index (χ2n) is 6.07. The number of nitrogen functional groups attached to an aromatic ring is 1. The highest BCUT2D eigenvalue weighted by Gasteiger charge is 2.29. The Labute approximate surface area is 120 Å². The number of hydrogen-bond donors (Lipinski definition) is 1. The molecule has 0 radical (unpaired) electrons. The molecule has 0 saturated carbocycles. The normalized spacial score (nSPS) is 18.4. The number of benzene rings is 1. The van der Waals surface area contributed by atoms with Crippen LogP contribution < -0.4 is 10.6 Å². The summed E-state index contributed by atoms with van der Waals surface area (Å²) in [5, 5.41) is 0. The van der Waals surface area contributed by atoms with Crippen LogP contribution in [-0.4, -0.2) is 23.1 Å². The average Bonchev–Trinajstić information content (AvgIpc) is 2.48. The molecule has 0 spiro atoms. The maximum Gasteiger partial charge on any atom is 0.172 e. The first-order valence-corrected chi connectivity index (χ1v) is 7.38. The second-order valence-corrected chi connectivity index (χ2v) is 6.07. The molecule has 2 N–H and O–H groups in total. The van der Waals surface area contributed by atoms with Gasteiger partial charge in [-0.05, 0) is 30.4 Å². The van der Waals surface area contributed by atoms with Crippen LogP contribution in [0.15, 0.2) is 24.3 Å². The van der Waals surface area contributed by atoms with Crippen LogP contribution >= 0.6 is 0 Å². The summed E-state index contributed by atoms with van der Waals surface area (Å²) >= 11 is 0. The molecule has 3 rings (SSSR count). The summed E-state index contributed by atoms with van der Waals surface area (Å²) in [6.07, 6.45) is 3.62. The van der Waals surface area contributed by atoms with Gasteiger partial charge in [-0.2, -0.15) is 0 Å². The number of rotatable bonds is 2. The molecule has 2 aromatic rings. The van der Waals surface area contributed by atoms with Gasteiger partial charge in [0.25, 0.3) is 0 Å². The Morgan fingerprint density at radius 2 is 1.75 bits per heavy atom. The largest absolute Gasteiger partial charge is 0.381 e. The van der Waals surface area contributed by atoms with Gasteiger partial charge in [-0.25, -0.2) is 9.97 Å². The number of hydrogen-bond acceptors (Lipinski definition) is 4. The lowest BCUT2D eigenvalue weighted by Crippen LogP contribution is -2.39. The van der Waals surface area contributed by atoms with E-state index in [9.17, 15) is 0 Å². The monoisotopic (exact) mass is 270 g/mol. The zero-order valence-electron chi connectivity index (χ0n) is 12.3. The Morgan fingerprint density at radius 1 is 1.15 bits per heavy atom. The van der Waals surface area contributed by atoms with Crippen molar-refractivity contribution >= 4 is 22.7 Å². The topological polar surface area (TPSA) is 55.0 Å². The van der Waals surface area contributed by atoms with Gasteiger partial charge in [-0.1, -0.05) is 32.4 Å². The van der Waals surface area contributed by atoms with Crippen molar-refractivity contribution in [2.24, 2.45) is 5.41 Å². The Morgan fingerprint density at radius 3 is 2.35 bits per heavy atom. The molecule has 1 aliphatic rings. The number of para-hydroxylation sites is 2. The smallest absolute Gasteiger partial charge is 0.172 e. The van der Waals surface area contributed by atoms with Crippen molar-refractivity contribution in [1.82, 2.24) is 9.97 Å². The zero-order valence-corrected chi connectivity index (χ0v) is 12.3. The highest BCUT2D eigenvalue weighted by Crippen LogP contribution is 2.36. The predicted octanol–water partition coefficient (Wildman–Crippen LogP) is 3.23. The minimum Gasteiger partial charge on any atom is -0.381 e. The molecule has 20 heavy (non-hydrogen) atoms. The third-order valence-electron chi connectivity index (χ3n) is 4.70. The van der Waals surface area contributed by atoms with Crippen molar-refractivity contribution in [3.63, 3.8) is 0 Å². The number of nitrogens with two attached hydrogens (primary N) is 1. The van der Waals surface area contributed by atoms with Crippen molar-refractivity contribution in [3.05, 3.63) is 24.3 Å². The van der Waals surface area contributed by atoms with Crippen LogP contribution in [0.5, 0.6) is 0 Å². The van der Waals surface area contributed by atoms with Gasteiger partial charge in [0.1, 0.15) is 0 Å². The molecule has 1 aromatic carbocycles. The molecule has 1 aromatic heterocycles. The molecule has 1 fully saturated rings. The van der Waals surface area contributed by atoms with Gasteiger partial charge in [0.05, 0.1) is 11.0 Å². The van der Waals surface area contributed by atoms with Gasteiger partial charge in [-0.15, -0.1) is 0 Å². The minimum absolute atomic E-state index is 0.468. The molecular formula is C16H22N4. The summed E-state index contributed by atoms with van der Waals surface area (Å²) in [6, 6.07) is 7.89. The van der Waals surface area contributed by atoms with E-state index in [1.54, 1.807) is 0 Å². The first kappa shape index (κ1) is 13.2.